The van der Waals surface area contributed by atoms with Crippen LogP contribution in [0.1, 0.15) is 46.0 Å². The molecule has 148 valence electrons. The number of pyridine rings is 1. The van der Waals surface area contributed by atoms with Crippen molar-refractivity contribution >= 4 is 11.8 Å². The molecule has 0 unspecified atom stereocenters. The summed E-state index contributed by atoms with van der Waals surface area (Å²) in [6.45, 7) is 4.84. The number of rotatable bonds is 7. The molecule has 0 fully saturated rings. The van der Waals surface area contributed by atoms with E-state index in [0.29, 0.717) is 13.1 Å². The van der Waals surface area contributed by atoms with Gasteiger partial charge < -0.3 is 10.2 Å². The standard InChI is InChI=1S/C24H25N3O2/c1-18(2)27(17-20-12-7-4-8-13-20)24(29)22-15-9-14-21(26-22)23(28)25-16-19-10-5-3-6-11-19/h3-15,18H,16-17H2,1-2H3,(H,25,28). The number of hydrogen-bond acceptors (Lipinski definition) is 3. The van der Waals surface area contributed by atoms with Crippen molar-refractivity contribution in [2.24, 2.45) is 0 Å². The minimum absolute atomic E-state index is 0.0000643. The van der Waals surface area contributed by atoms with Crippen molar-refractivity contribution in [3.63, 3.8) is 0 Å². The fourth-order valence-electron chi connectivity index (χ4n) is 2.97. The Bertz CT molecular complexity index is 956. The predicted molar refractivity (Wildman–Crippen MR) is 113 cm³/mol. The van der Waals surface area contributed by atoms with Crippen LogP contribution in [0.2, 0.25) is 0 Å². The number of aromatic nitrogens is 1. The monoisotopic (exact) mass is 387 g/mol. The van der Waals surface area contributed by atoms with E-state index in [1.165, 1.54) is 0 Å². The van der Waals surface area contributed by atoms with Crippen LogP contribution in [0.15, 0.2) is 78.9 Å². The Balaban J connectivity index is 1.72. The van der Waals surface area contributed by atoms with E-state index in [9.17, 15) is 9.59 Å². The van der Waals surface area contributed by atoms with Crippen molar-refractivity contribution in [1.29, 1.82) is 0 Å². The van der Waals surface area contributed by atoms with Gasteiger partial charge in [-0.05, 0) is 37.1 Å². The van der Waals surface area contributed by atoms with Crippen molar-refractivity contribution in [1.82, 2.24) is 15.2 Å². The average Bonchev–Trinajstić information content (AvgIpc) is 2.76. The van der Waals surface area contributed by atoms with Gasteiger partial charge in [0, 0.05) is 19.1 Å². The molecule has 1 aromatic heterocycles. The summed E-state index contributed by atoms with van der Waals surface area (Å²) in [5.74, 6) is -0.496. The molecule has 0 radical (unpaired) electrons. The molecule has 1 heterocycles. The van der Waals surface area contributed by atoms with E-state index in [4.69, 9.17) is 0 Å². The minimum atomic E-state index is -0.303. The third kappa shape index (κ3) is 5.51. The predicted octanol–water partition coefficient (Wildman–Crippen LogP) is 4.06. The molecule has 1 N–H and O–H groups in total. The molecule has 0 saturated heterocycles. The highest BCUT2D eigenvalue weighted by molar-refractivity contribution is 5.96. The van der Waals surface area contributed by atoms with Crippen LogP contribution in [0.5, 0.6) is 0 Å². The Hall–Kier alpha value is -3.47. The van der Waals surface area contributed by atoms with Gasteiger partial charge >= 0.3 is 0 Å². The summed E-state index contributed by atoms with van der Waals surface area (Å²) in [5.41, 5.74) is 2.55. The maximum absolute atomic E-state index is 13.1. The van der Waals surface area contributed by atoms with E-state index in [2.05, 4.69) is 10.3 Å². The van der Waals surface area contributed by atoms with E-state index < -0.39 is 0 Å². The van der Waals surface area contributed by atoms with Crippen LogP contribution in [-0.4, -0.2) is 27.7 Å². The second-order valence-electron chi connectivity index (χ2n) is 7.09. The molecule has 2 amide bonds. The molecule has 0 saturated carbocycles. The van der Waals surface area contributed by atoms with Gasteiger partial charge in [0.25, 0.3) is 11.8 Å². The molecule has 29 heavy (non-hydrogen) atoms. The quantitative estimate of drug-likeness (QED) is 0.665. The molecule has 0 spiro atoms. The van der Waals surface area contributed by atoms with Crippen LogP contribution >= 0.6 is 0 Å². The summed E-state index contributed by atoms with van der Waals surface area (Å²) >= 11 is 0. The number of carbonyl (C=O) groups excluding carboxylic acids is 2. The van der Waals surface area contributed by atoms with Crippen LogP contribution < -0.4 is 5.32 Å². The van der Waals surface area contributed by atoms with E-state index in [1.807, 2.05) is 74.5 Å². The molecule has 2 aromatic carbocycles. The second kappa shape index (κ2) is 9.64. The first-order valence-corrected chi connectivity index (χ1v) is 9.68. The number of nitrogens with zero attached hydrogens (tertiary/aromatic N) is 2. The first-order chi connectivity index (χ1) is 14.0. The molecule has 3 rings (SSSR count). The topological polar surface area (TPSA) is 62.3 Å². The van der Waals surface area contributed by atoms with Crippen LogP contribution in [-0.2, 0) is 13.1 Å². The lowest BCUT2D eigenvalue weighted by molar-refractivity contribution is 0.0684. The van der Waals surface area contributed by atoms with Gasteiger partial charge in [-0.25, -0.2) is 4.98 Å². The Morgan fingerprint density at radius 3 is 2.03 bits per heavy atom. The highest BCUT2D eigenvalue weighted by atomic mass is 16.2. The summed E-state index contributed by atoms with van der Waals surface area (Å²) in [6.07, 6.45) is 0. The Morgan fingerprint density at radius 1 is 0.828 bits per heavy atom. The highest BCUT2D eigenvalue weighted by Gasteiger charge is 2.21. The lowest BCUT2D eigenvalue weighted by Crippen LogP contribution is -2.37. The summed E-state index contributed by atoms with van der Waals surface area (Å²) in [7, 11) is 0. The van der Waals surface area contributed by atoms with Gasteiger partial charge in [-0.2, -0.15) is 0 Å². The summed E-state index contributed by atoms with van der Waals surface area (Å²) < 4.78 is 0. The Morgan fingerprint density at radius 2 is 1.41 bits per heavy atom. The zero-order chi connectivity index (χ0) is 20.6. The van der Waals surface area contributed by atoms with Crippen molar-refractivity contribution in [3.05, 3.63) is 101 Å². The van der Waals surface area contributed by atoms with Crippen LogP contribution in [0, 0.1) is 0 Å². The van der Waals surface area contributed by atoms with Gasteiger partial charge in [0.15, 0.2) is 0 Å². The molecule has 5 heteroatoms. The van der Waals surface area contributed by atoms with Gasteiger partial charge in [0.1, 0.15) is 11.4 Å². The molecule has 0 aliphatic heterocycles. The summed E-state index contributed by atoms with van der Waals surface area (Å²) in [5, 5.41) is 2.85. The van der Waals surface area contributed by atoms with Crippen LogP contribution in [0.4, 0.5) is 0 Å². The number of benzene rings is 2. The normalized spacial score (nSPS) is 10.6. The van der Waals surface area contributed by atoms with Gasteiger partial charge in [0.05, 0.1) is 0 Å². The highest BCUT2D eigenvalue weighted by Crippen LogP contribution is 2.13. The first-order valence-electron chi connectivity index (χ1n) is 9.68. The third-order valence-corrected chi connectivity index (χ3v) is 4.58. The van der Waals surface area contributed by atoms with Gasteiger partial charge in [-0.15, -0.1) is 0 Å². The molecule has 3 aromatic rings. The van der Waals surface area contributed by atoms with Crippen molar-refractivity contribution in [2.45, 2.75) is 33.0 Å². The van der Waals surface area contributed by atoms with Gasteiger partial charge in [-0.1, -0.05) is 66.7 Å². The maximum atomic E-state index is 13.1. The first kappa shape index (κ1) is 20.3. The molecule has 0 aliphatic carbocycles. The van der Waals surface area contributed by atoms with Crippen molar-refractivity contribution in [2.75, 3.05) is 0 Å². The number of amides is 2. The molecule has 0 atom stereocenters. The van der Waals surface area contributed by atoms with E-state index in [0.717, 1.165) is 11.1 Å². The number of carbonyl (C=O) groups is 2. The molecule has 0 bridgehead atoms. The third-order valence-electron chi connectivity index (χ3n) is 4.58. The zero-order valence-corrected chi connectivity index (χ0v) is 16.7. The van der Waals surface area contributed by atoms with Gasteiger partial charge in [0.2, 0.25) is 0 Å². The average molecular weight is 387 g/mol. The zero-order valence-electron chi connectivity index (χ0n) is 16.7. The molecule has 5 nitrogen and oxygen atoms in total. The lowest BCUT2D eigenvalue weighted by Gasteiger charge is -2.26. The molecule has 0 aliphatic rings. The fourth-order valence-corrected chi connectivity index (χ4v) is 2.97. The van der Waals surface area contributed by atoms with E-state index >= 15 is 0 Å². The van der Waals surface area contributed by atoms with E-state index in [1.54, 1.807) is 23.1 Å². The maximum Gasteiger partial charge on any atom is 0.273 e. The van der Waals surface area contributed by atoms with Crippen LogP contribution in [0.3, 0.4) is 0 Å². The van der Waals surface area contributed by atoms with Crippen molar-refractivity contribution < 1.29 is 9.59 Å². The van der Waals surface area contributed by atoms with Crippen LogP contribution in [0.25, 0.3) is 0 Å². The minimum Gasteiger partial charge on any atom is -0.347 e. The molecular weight excluding hydrogens is 362 g/mol. The van der Waals surface area contributed by atoms with Crippen molar-refractivity contribution in [3.8, 4) is 0 Å². The fraction of sp³-hybridized carbons (Fsp3) is 0.208. The summed E-state index contributed by atoms with van der Waals surface area (Å²) in [6, 6.07) is 24.5. The summed E-state index contributed by atoms with van der Waals surface area (Å²) in [4.78, 5) is 31.6. The van der Waals surface area contributed by atoms with Gasteiger partial charge in [-0.3, -0.25) is 9.59 Å². The second-order valence-corrected chi connectivity index (χ2v) is 7.09. The SMILES string of the molecule is CC(C)N(Cc1ccccc1)C(=O)c1cccc(C(=O)NCc2ccccc2)n1. The Labute approximate surface area is 171 Å². The lowest BCUT2D eigenvalue weighted by atomic mass is 10.1. The largest absolute Gasteiger partial charge is 0.347 e. The Kier molecular flexibility index (Phi) is 6.74. The smallest absolute Gasteiger partial charge is 0.273 e. The number of nitrogens with one attached hydrogen (secondary N) is 1. The molecular formula is C24H25N3O2. The van der Waals surface area contributed by atoms with E-state index in [-0.39, 0.29) is 29.2 Å². The number of hydrogen-bond donors (Lipinski definition) is 1.